The van der Waals surface area contributed by atoms with E-state index in [0.29, 0.717) is 18.2 Å². The number of amides is 1. The van der Waals surface area contributed by atoms with Gasteiger partial charge in [0, 0.05) is 24.0 Å². The van der Waals surface area contributed by atoms with Crippen molar-refractivity contribution < 1.29 is 4.79 Å². The molecule has 0 aliphatic carbocycles. The van der Waals surface area contributed by atoms with Gasteiger partial charge in [-0.1, -0.05) is 12.1 Å². The first-order chi connectivity index (χ1) is 12.7. The zero-order valence-corrected chi connectivity index (χ0v) is 14.1. The van der Waals surface area contributed by atoms with Crippen molar-refractivity contribution >= 4 is 28.7 Å². The molecule has 2 aromatic heterocycles. The summed E-state index contributed by atoms with van der Waals surface area (Å²) in [6, 6.07) is 7.88. The molecule has 1 amide bonds. The summed E-state index contributed by atoms with van der Waals surface area (Å²) in [6.07, 6.45) is 8.72. The minimum absolute atomic E-state index is 0.214. The summed E-state index contributed by atoms with van der Waals surface area (Å²) in [6.45, 7) is 2.22. The van der Waals surface area contributed by atoms with Gasteiger partial charge in [-0.3, -0.25) is 25.1 Å². The maximum atomic E-state index is 12.1. The number of aromatic nitrogens is 3. The number of hydrogen-bond donors (Lipinski definition) is 2. The number of aryl methyl sites for hydroxylation is 1. The predicted molar refractivity (Wildman–Crippen MR) is 98.9 cm³/mol. The van der Waals surface area contributed by atoms with Gasteiger partial charge in [0.2, 0.25) is 5.96 Å². The molecule has 0 spiro atoms. The molecular weight excluding hydrogens is 328 g/mol. The van der Waals surface area contributed by atoms with Crippen molar-refractivity contribution in [1.82, 2.24) is 25.6 Å². The molecule has 4 rings (SSSR count). The highest BCUT2D eigenvalue weighted by Crippen LogP contribution is 2.17. The molecule has 1 aliphatic heterocycles. The largest absolute Gasteiger partial charge is 0.321 e. The third kappa shape index (κ3) is 3.41. The number of carbonyl (C=O) groups is 1. The van der Waals surface area contributed by atoms with Crippen molar-refractivity contribution in [2.75, 3.05) is 0 Å². The number of pyridine rings is 1. The summed E-state index contributed by atoms with van der Waals surface area (Å²) in [7, 11) is 0. The van der Waals surface area contributed by atoms with Gasteiger partial charge in [0.1, 0.15) is 5.70 Å². The van der Waals surface area contributed by atoms with E-state index in [-0.39, 0.29) is 5.91 Å². The minimum atomic E-state index is -0.214. The van der Waals surface area contributed by atoms with Gasteiger partial charge in [-0.15, -0.1) is 0 Å². The maximum Gasteiger partial charge on any atom is 0.274 e. The maximum absolute atomic E-state index is 12.1. The van der Waals surface area contributed by atoms with E-state index < -0.39 is 0 Å². The van der Waals surface area contributed by atoms with Gasteiger partial charge in [0.25, 0.3) is 5.91 Å². The molecule has 7 nitrogen and oxygen atoms in total. The second kappa shape index (κ2) is 6.72. The standard InChI is InChI=1S/C19H16N6O/c1-12-8-22-16(10-21-12)11-23-19-24-17(18(26)25-19)7-13-2-3-15-9-20-5-4-14(15)6-13/h2-10H,11H2,1H3,(H2,23,24,25,26)/b17-7-. The molecule has 3 aromatic rings. The van der Waals surface area contributed by atoms with Crippen molar-refractivity contribution in [1.29, 1.82) is 0 Å². The Bertz CT molecular complexity index is 1040. The molecule has 1 saturated heterocycles. The molecule has 3 heterocycles. The van der Waals surface area contributed by atoms with E-state index >= 15 is 0 Å². The van der Waals surface area contributed by atoms with Crippen LogP contribution in [0.15, 0.2) is 59.7 Å². The fourth-order valence-corrected chi connectivity index (χ4v) is 2.59. The number of benzene rings is 1. The molecule has 0 unspecified atom stereocenters. The van der Waals surface area contributed by atoms with E-state index in [9.17, 15) is 4.79 Å². The summed E-state index contributed by atoms with van der Waals surface area (Å²) in [5.41, 5.74) is 2.96. The van der Waals surface area contributed by atoms with Gasteiger partial charge >= 0.3 is 0 Å². The lowest BCUT2D eigenvalue weighted by molar-refractivity contribution is -0.115. The lowest BCUT2D eigenvalue weighted by Gasteiger charge is -2.01. The van der Waals surface area contributed by atoms with E-state index in [4.69, 9.17) is 0 Å². The molecule has 1 aromatic carbocycles. The fraction of sp³-hybridized carbons (Fsp3) is 0.105. The van der Waals surface area contributed by atoms with Gasteiger partial charge in [-0.2, -0.15) is 0 Å². The number of hydrogen-bond acceptors (Lipinski definition) is 5. The second-order valence-electron chi connectivity index (χ2n) is 5.93. The number of nitrogens with one attached hydrogen (secondary N) is 2. The van der Waals surface area contributed by atoms with Crippen LogP contribution in [0.5, 0.6) is 0 Å². The Labute approximate surface area is 149 Å². The highest BCUT2D eigenvalue weighted by atomic mass is 16.2. The lowest BCUT2D eigenvalue weighted by Crippen LogP contribution is -2.25. The number of carbonyl (C=O) groups excluding carboxylic acids is 1. The molecule has 0 atom stereocenters. The van der Waals surface area contributed by atoms with Gasteiger partial charge < -0.3 is 5.32 Å². The average molecular weight is 344 g/mol. The molecule has 26 heavy (non-hydrogen) atoms. The van der Waals surface area contributed by atoms with Gasteiger partial charge in [-0.05, 0) is 36.1 Å². The number of fused-ring (bicyclic) bond motifs is 1. The Morgan fingerprint density at radius 3 is 2.85 bits per heavy atom. The summed E-state index contributed by atoms with van der Waals surface area (Å²) in [5.74, 6) is 0.196. The van der Waals surface area contributed by atoms with Crippen LogP contribution in [0.1, 0.15) is 17.0 Å². The Morgan fingerprint density at radius 2 is 2.00 bits per heavy atom. The topological polar surface area (TPSA) is 92.2 Å². The van der Waals surface area contributed by atoms with Crippen molar-refractivity contribution in [3.63, 3.8) is 0 Å². The molecule has 7 heteroatoms. The third-order valence-electron chi connectivity index (χ3n) is 3.94. The number of nitrogens with zero attached hydrogens (tertiary/aromatic N) is 4. The van der Waals surface area contributed by atoms with Crippen LogP contribution < -0.4 is 10.6 Å². The summed E-state index contributed by atoms with van der Waals surface area (Å²) in [4.78, 5) is 29.0. The highest BCUT2D eigenvalue weighted by molar-refractivity contribution is 6.15. The van der Waals surface area contributed by atoms with Crippen LogP contribution in [0.3, 0.4) is 0 Å². The molecule has 2 N–H and O–H groups in total. The monoisotopic (exact) mass is 344 g/mol. The molecule has 1 aliphatic rings. The highest BCUT2D eigenvalue weighted by Gasteiger charge is 2.21. The number of guanidine groups is 1. The van der Waals surface area contributed by atoms with Gasteiger partial charge in [0.05, 0.1) is 24.1 Å². The number of aliphatic imine (C=N–C) groups is 1. The van der Waals surface area contributed by atoms with Crippen LogP contribution >= 0.6 is 0 Å². The Kier molecular flexibility index (Phi) is 4.10. The van der Waals surface area contributed by atoms with E-state index in [2.05, 4.69) is 30.6 Å². The van der Waals surface area contributed by atoms with Gasteiger partial charge in [0.15, 0.2) is 0 Å². The smallest absolute Gasteiger partial charge is 0.274 e. The average Bonchev–Trinajstić information content (AvgIpc) is 3.01. The lowest BCUT2D eigenvalue weighted by atomic mass is 10.1. The predicted octanol–water partition coefficient (Wildman–Crippen LogP) is 1.95. The minimum Gasteiger partial charge on any atom is -0.321 e. The fourth-order valence-electron chi connectivity index (χ4n) is 2.59. The van der Waals surface area contributed by atoms with Gasteiger partial charge in [-0.25, -0.2) is 4.99 Å². The van der Waals surface area contributed by atoms with Crippen LogP contribution in [0.4, 0.5) is 0 Å². The first kappa shape index (κ1) is 15.9. The summed E-state index contributed by atoms with van der Waals surface area (Å²) in [5, 5.41) is 7.85. The molecule has 1 fully saturated rings. The Hall–Kier alpha value is -3.61. The molecular formula is C19H16N6O. The van der Waals surface area contributed by atoms with E-state index in [0.717, 1.165) is 27.7 Å². The molecule has 0 radical (unpaired) electrons. The van der Waals surface area contributed by atoms with E-state index in [1.165, 1.54) is 0 Å². The normalized spacial score (nSPS) is 16.9. The summed E-state index contributed by atoms with van der Waals surface area (Å²) >= 11 is 0. The van der Waals surface area contributed by atoms with Crippen LogP contribution in [0.25, 0.3) is 16.8 Å². The first-order valence-electron chi connectivity index (χ1n) is 8.13. The molecule has 128 valence electrons. The Morgan fingerprint density at radius 1 is 1.08 bits per heavy atom. The quantitative estimate of drug-likeness (QED) is 0.709. The number of rotatable bonds is 3. The van der Waals surface area contributed by atoms with Crippen molar-refractivity contribution in [3.05, 3.63) is 71.7 Å². The van der Waals surface area contributed by atoms with Crippen LogP contribution in [0, 0.1) is 6.92 Å². The SMILES string of the molecule is Cc1cnc(CN=C2NC(=O)/C(=C/c3ccc4cnccc4c3)N2)cn1. The van der Waals surface area contributed by atoms with E-state index in [1.807, 2.05) is 37.4 Å². The van der Waals surface area contributed by atoms with Crippen molar-refractivity contribution in [3.8, 4) is 0 Å². The Balaban J connectivity index is 1.52. The van der Waals surface area contributed by atoms with Crippen molar-refractivity contribution in [2.45, 2.75) is 13.5 Å². The summed E-state index contributed by atoms with van der Waals surface area (Å²) < 4.78 is 0. The zero-order chi connectivity index (χ0) is 17.9. The van der Waals surface area contributed by atoms with Crippen LogP contribution in [0.2, 0.25) is 0 Å². The van der Waals surface area contributed by atoms with Crippen LogP contribution in [-0.4, -0.2) is 26.8 Å². The van der Waals surface area contributed by atoms with Crippen LogP contribution in [-0.2, 0) is 11.3 Å². The molecule has 0 bridgehead atoms. The first-order valence-corrected chi connectivity index (χ1v) is 8.13. The zero-order valence-electron chi connectivity index (χ0n) is 14.1. The molecule has 0 saturated carbocycles. The third-order valence-corrected chi connectivity index (χ3v) is 3.94. The van der Waals surface area contributed by atoms with Crippen molar-refractivity contribution in [2.24, 2.45) is 4.99 Å². The second-order valence-corrected chi connectivity index (χ2v) is 5.93. The van der Waals surface area contributed by atoms with E-state index in [1.54, 1.807) is 24.7 Å².